The number of rotatable bonds is 4. The number of alkyl halides is 1. The fourth-order valence-corrected chi connectivity index (χ4v) is 3.59. The van der Waals surface area contributed by atoms with Gasteiger partial charge in [0.05, 0.1) is 5.69 Å². The molecule has 1 aliphatic rings. The third-order valence-corrected chi connectivity index (χ3v) is 4.57. The predicted molar refractivity (Wildman–Crippen MR) is 87.7 cm³/mol. The topological polar surface area (TPSA) is 29.0 Å². The highest BCUT2D eigenvalue weighted by molar-refractivity contribution is 9.09. The van der Waals surface area contributed by atoms with E-state index in [0.29, 0.717) is 6.04 Å². The molecule has 1 aliphatic carbocycles. The number of aryl methyl sites for hydroxylation is 1. The Balaban J connectivity index is 2.08. The van der Waals surface area contributed by atoms with Crippen molar-refractivity contribution in [3.63, 3.8) is 0 Å². The smallest absolute Gasteiger partial charge is 0.159 e. The van der Waals surface area contributed by atoms with Crippen molar-refractivity contribution in [2.24, 2.45) is 0 Å². The van der Waals surface area contributed by atoms with Gasteiger partial charge in [-0.3, -0.25) is 0 Å². The van der Waals surface area contributed by atoms with Crippen LogP contribution in [-0.2, 0) is 0 Å². The van der Waals surface area contributed by atoms with Gasteiger partial charge in [0.15, 0.2) is 5.82 Å². The number of hydrogen-bond acceptors (Lipinski definition) is 3. The Morgan fingerprint density at radius 3 is 2.55 bits per heavy atom. The summed E-state index contributed by atoms with van der Waals surface area (Å²) < 4.78 is 0. The zero-order valence-corrected chi connectivity index (χ0v) is 13.4. The van der Waals surface area contributed by atoms with Gasteiger partial charge in [-0.1, -0.05) is 53.0 Å². The Labute approximate surface area is 128 Å². The molecule has 0 bridgehead atoms. The minimum absolute atomic E-state index is 0.618. The van der Waals surface area contributed by atoms with Crippen LogP contribution in [0, 0.1) is 6.92 Å². The summed E-state index contributed by atoms with van der Waals surface area (Å²) in [4.78, 5) is 2.45. The second-order valence-electron chi connectivity index (χ2n) is 5.48. The SMILES string of the molecule is Cc1nnc(N(CCBr)C2CCCC2)c2ccccc12. The Morgan fingerprint density at radius 2 is 1.85 bits per heavy atom. The van der Waals surface area contributed by atoms with Gasteiger partial charge in [0, 0.05) is 28.7 Å². The molecule has 0 radical (unpaired) electrons. The van der Waals surface area contributed by atoms with E-state index < -0.39 is 0 Å². The molecule has 0 N–H and O–H groups in total. The third-order valence-electron chi connectivity index (χ3n) is 4.22. The summed E-state index contributed by atoms with van der Waals surface area (Å²) >= 11 is 3.58. The molecular formula is C16H20BrN3. The second kappa shape index (κ2) is 6.08. The summed E-state index contributed by atoms with van der Waals surface area (Å²) in [5.41, 5.74) is 1.01. The Morgan fingerprint density at radius 1 is 1.15 bits per heavy atom. The van der Waals surface area contributed by atoms with Crippen molar-refractivity contribution in [3.05, 3.63) is 30.0 Å². The summed E-state index contributed by atoms with van der Waals surface area (Å²) in [6.07, 6.45) is 5.22. The first kappa shape index (κ1) is 13.8. The van der Waals surface area contributed by atoms with Crippen LogP contribution in [-0.4, -0.2) is 28.1 Å². The molecule has 1 saturated carbocycles. The van der Waals surface area contributed by atoms with Gasteiger partial charge >= 0.3 is 0 Å². The lowest BCUT2D eigenvalue weighted by Gasteiger charge is -2.30. The van der Waals surface area contributed by atoms with Crippen LogP contribution in [0.25, 0.3) is 10.8 Å². The number of halogens is 1. The van der Waals surface area contributed by atoms with E-state index in [1.54, 1.807) is 0 Å². The molecule has 0 spiro atoms. The van der Waals surface area contributed by atoms with Crippen LogP contribution in [0.5, 0.6) is 0 Å². The second-order valence-corrected chi connectivity index (χ2v) is 6.27. The van der Waals surface area contributed by atoms with E-state index in [1.165, 1.54) is 36.5 Å². The van der Waals surface area contributed by atoms with E-state index in [9.17, 15) is 0 Å². The van der Waals surface area contributed by atoms with Crippen molar-refractivity contribution in [1.29, 1.82) is 0 Å². The lowest BCUT2D eigenvalue weighted by Crippen LogP contribution is -2.36. The zero-order valence-electron chi connectivity index (χ0n) is 11.8. The van der Waals surface area contributed by atoms with Crippen LogP contribution in [0.1, 0.15) is 31.4 Å². The van der Waals surface area contributed by atoms with Crippen LogP contribution in [0.15, 0.2) is 24.3 Å². The molecule has 0 aliphatic heterocycles. The highest BCUT2D eigenvalue weighted by Crippen LogP contribution is 2.31. The number of fused-ring (bicyclic) bond motifs is 1. The maximum absolute atomic E-state index is 4.53. The number of benzene rings is 1. The average molecular weight is 334 g/mol. The highest BCUT2D eigenvalue weighted by atomic mass is 79.9. The van der Waals surface area contributed by atoms with Gasteiger partial charge in [-0.2, -0.15) is 5.10 Å². The quantitative estimate of drug-likeness (QED) is 0.789. The molecule has 1 aromatic carbocycles. The monoisotopic (exact) mass is 333 g/mol. The van der Waals surface area contributed by atoms with E-state index >= 15 is 0 Å². The first-order valence-corrected chi connectivity index (χ1v) is 8.48. The normalized spacial score (nSPS) is 15.9. The molecule has 20 heavy (non-hydrogen) atoms. The van der Waals surface area contributed by atoms with Gasteiger partial charge in [0.1, 0.15) is 0 Å². The molecular weight excluding hydrogens is 314 g/mol. The first-order chi connectivity index (χ1) is 9.81. The summed E-state index contributed by atoms with van der Waals surface area (Å²) in [5, 5.41) is 12.3. The van der Waals surface area contributed by atoms with Crippen molar-refractivity contribution in [1.82, 2.24) is 10.2 Å². The van der Waals surface area contributed by atoms with Gasteiger partial charge in [0.2, 0.25) is 0 Å². The molecule has 0 atom stereocenters. The summed E-state index contributed by atoms with van der Waals surface area (Å²) in [7, 11) is 0. The van der Waals surface area contributed by atoms with Crippen LogP contribution in [0.4, 0.5) is 5.82 Å². The molecule has 106 valence electrons. The number of aromatic nitrogens is 2. The molecule has 4 heteroatoms. The minimum atomic E-state index is 0.618. The van der Waals surface area contributed by atoms with Crippen LogP contribution >= 0.6 is 15.9 Å². The minimum Gasteiger partial charge on any atom is -0.351 e. The van der Waals surface area contributed by atoms with Crippen molar-refractivity contribution < 1.29 is 0 Å². The lowest BCUT2D eigenvalue weighted by molar-refractivity contribution is 0.614. The standard InChI is InChI=1S/C16H20BrN3/c1-12-14-8-4-5-9-15(14)16(19-18-12)20(11-10-17)13-6-2-3-7-13/h4-5,8-9,13H,2-3,6-7,10-11H2,1H3. The molecule has 3 nitrogen and oxygen atoms in total. The van der Waals surface area contributed by atoms with E-state index in [1.807, 2.05) is 6.92 Å². The number of nitrogens with zero attached hydrogens (tertiary/aromatic N) is 3. The fraction of sp³-hybridized carbons (Fsp3) is 0.500. The summed E-state index contributed by atoms with van der Waals surface area (Å²) in [5.74, 6) is 1.05. The summed E-state index contributed by atoms with van der Waals surface area (Å²) in [6.45, 7) is 3.02. The Kier molecular flexibility index (Phi) is 4.20. The molecule has 0 unspecified atom stereocenters. The van der Waals surface area contributed by atoms with Crippen molar-refractivity contribution in [2.45, 2.75) is 38.6 Å². The molecule has 2 aromatic rings. The first-order valence-electron chi connectivity index (χ1n) is 7.36. The van der Waals surface area contributed by atoms with E-state index in [-0.39, 0.29) is 0 Å². The zero-order chi connectivity index (χ0) is 13.9. The molecule has 1 heterocycles. The molecule has 0 saturated heterocycles. The number of hydrogen-bond donors (Lipinski definition) is 0. The summed E-state index contributed by atoms with van der Waals surface area (Å²) in [6, 6.07) is 9.10. The average Bonchev–Trinajstić information content (AvgIpc) is 3.00. The van der Waals surface area contributed by atoms with E-state index in [4.69, 9.17) is 0 Å². The molecule has 1 aromatic heterocycles. The Hall–Kier alpha value is -1.16. The van der Waals surface area contributed by atoms with Crippen LogP contribution < -0.4 is 4.90 Å². The van der Waals surface area contributed by atoms with E-state index in [2.05, 4.69) is 55.3 Å². The van der Waals surface area contributed by atoms with Gasteiger partial charge in [-0.25, -0.2) is 0 Å². The number of anilines is 1. The molecule has 0 amide bonds. The third kappa shape index (κ3) is 2.53. The largest absolute Gasteiger partial charge is 0.351 e. The predicted octanol–water partition coefficient (Wildman–Crippen LogP) is 4.08. The lowest BCUT2D eigenvalue weighted by atomic mass is 10.1. The van der Waals surface area contributed by atoms with Gasteiger partial charge in [0.25, 0.3) is 0 Å². The maximum Gasteiger partial charge on any atom is 0.159 e. The van der Waals surface area contributed by atoms with Crippen molar-refractivity contribution in [2.75, 3.05) is 16.8 Å². The van der Waals surface area contributed by atoms with Gasteiger partial charge in [-0.05, 0) is 19.8 Å². The van der Waals surface area contributed by atoms with E-state index in [0.717, 1.165) is 23.4 Å². The van der Waals surface area contributed by atoms with Gasteiger partial charge in [-0.15, -0.1) is 5.10 Å². The van der Waals surface area contributed by atoms with Crippen LogP contribution in [0.2, 0.25) is 0 Å². The molecule has 1 fully saturated rings. The highest BCUT2D eigenvalue weighted by Gasteiger charge is 2.25. The maximum atomic E-state index is 4.53. The Bertz CT molecular complexity index is 593. The van der Waals surface area contributed by atoms with Gasteiger partial charge < -0.3 is 4.90 Å². The van der Waals surface area contributed by atoms with Crippen molar-refractivity contribution >= 4 is 32.5 Å². The van der Waals surface area contributed by atoms with Crippen molar-refractivity contribution in [3.8, 4) is 0 Å². The fourth-order valence-electron chi connectivity index (χ4n) is 3.20. The van der Waals surface area contributed by atoms with Crippen LogP contribution in [0.3, 0.4) is 0 Å². The molecule has 3 rings (SSSR count).